The molecule has 1 unspecified atom stereocenters. The first-order chi connectivity index (χ1) is 10.1. The highest BCUT2D eigenvalue weighted by Gasteiger charge is 2.24. The van der Waals surface area contributed by atoms with Crippen molar-refractivity contribution in [3.05, 3.63) is 16.8 Å². The van der Waals surface area contributed by atoms with Crippen LogP contribution in [0.15, 0.2) is 0 Å². The smallest absolute Gasteiger partial charge is 0.222 e. The molecule has 2 heterocycles. The summed E-state index contributed by atoms with van der Waals surface area (Å²) in [7, 11) is 1.80. The highest BCUT2D eigenvalue weighted by atomic mass is 16.2. The van der Waals surface area contributed by atoms with Gasteiger partial charge in [-0.25, -0.2) is 0 Å². The van der Waals surface area contributed by atoms with Crippen LogP contribution < -0.4 is 5.32 Å². The van der Waals surface area contributed by atoms with E-state index in [2.05, 4.69) is 21.6 Å². The van der Waals surface area contributed by atoms with E-state index in [-0.39, 0.29) is 11.9 Å². The van der Waals surface area contributed by atoms with Crippen LogP contribution in [0.2, 0.25) is 0 Å². The van der Waals surface area contributed by atoms with E-state index in [1.807, 2.05) is 13.8 Å². The van der Waals surface area contributed by atoms with Crippen molar-refractivity contribution in [3.63, 3.8) is 0 Å². The summed E-state index contributed by atoms with van der Waals surface area (Å²) in [6, 6.07) is 2.37. The molecule has 21 heavy (non-hydrogen) atoms. The quantitative estimate of drug-likeness (QED) is 0.907. The van der Waals surface area contributed by atoms with Crippen molar-refractivity contribution in [2.24, 2.45) is 0 Å². The summed E-state index contributed by atoms with van der Waals surface area (Å²) < 4.78 is 0. The van der Waals surface area contributed by atoms with E-state index in [4.69, 9.17) is 0 Å². The van der Waals surface area contributed by atoms with Crippen LogP contribution in [0.5, 0.6) is 0 Å². The van der Waals surface area contributed by atoms with Gasteiger partial charge in [-0.15, -0.1) is 5.10 Å². The Bertz CT molecular complexity index is 578. The summed E-state index contributed by atoms with van der Waals surface area (Å²) in [5.41, 5.74) is 2.44. The maximum absolute atomic E-state index is 11.5. The van der Waals surface area contributed by atoms with Gasteiger partial charge in [-0.3, -0.25) is 4.79 Å². The number of piperidine rings is 1. The predicted molar refractivity (Wildman–Crippen MR) is 79.8 cm³/mol. The third kappa shape index (κ3) is 3.13. The number of aryl methyl sites for hydroxylation is 1. The number of hydrogen-bond acceptors (Lipinski definition) is 5. The van der Waals surface area contributed by atoms with Gasteiger partial charge in [0.15, 0.2) is 5.82 Å². The second-order valence-electron chi connectivity index (χ2n) is 5.32. The molecule has 1 aromatic rings. The monoisotopic (exact) mass is 287 g/mol. The number of nitrogens with zero attached hydrogens (tertiary/aromatic N) is 4. The third-order valence-corrected chi connectivity index (χ3v) is 3.93. The number of likely N-dealkylation sites (N-methyl/N-ethyl adjacent to an activating group) is 1. The fourth-order valence-electron chi connectivity index (χ4n) is 2.72. The maximum Gasteiger partial charge on any atom is 0.222 e. The lowest BCUT2D eigenvalue weighted by Gasteiger charge is -2.30. The molecular weight excluding hydrogens is 266 g/mol. The molecule has 0 radical (unpaired) electrons. The van der Waals surface area contributed by atoms with E-state index in [1.54, 1.807) is 11.9 Å². The number of anilines is 1. The topological polar surface area (TPSA) is 81.9 Å². The molecule has 1 amide bonds. The van der Waals surface area contributed by atoms with Crippen LogP contribution in [0.3, 0.4) is 0 Å². The van der Waals surface area contributed by atoms with Gasteiger partial charge in [0.05, 0.1) is 5.69 Å². The Hall–Kier alpha value is -2.16. The summed E-state index contributed by atoms with van der Waals surface area (Å²) in [5, 5.41) is 21.2. The number of carbonyl (C=O) groups is 1. The minimum atomic E-state index is 0.117. The SMILES string of the molecule is CCc1nnc(NC2CCC(=O)N(C)C2)c(C#N)c1CC. The molecule has 0 saturated carbocycles. The molecule has 1 aliphatic rings. The highest BCUT2D eigenvalue weighted by molar-refractivity contribution is 5.77. The molecule has 2 rings (SSSR count). The fourth-order valence-corrected chi connectivity index (χ4v) is 2.72. The maximum atomic E-state index is 11.5. The van der Waals surface area contributed by atoms with Crippen molar-refractivity contribution in [2.75, 3.05) is 18.9 Å². The molecule has 1 aliphatic heterocycles. The molecule has 0 bridgehead atoms. The average Bonchev–Trinajstić information content (AvgIpc) is 2.50. The molecule has 1 N–H and O–H groups in total. The summed E-state index contributed by atoms with van der Waals surface area (Å²) in [5.74, 6) is 0.703. The summed E-state index contributed by atoms with van der Waals surface area (Å²) in [6.07, 6.45) is 2.81. The Balaban J connectivity index is 2.24. The number of carbonyl (C=O) groups excluding carboxylic acids is 1. The van der Waals surface area contributed by atoms with Gasteiger partial charge >= 0.3 is 0 Å². The molecule has 1 saturated heterocycles. The van der Waals surface area contributed by atoms with Gasteiger partial charge in [0.25, 0.3) is 0 Å². The Morgan fingerprint density at radius 3 is 2.71 bits per heavy atom. The van der Waals surface area contributed by atoms with Gasteiger partial charge in [0, 0.05) is 26.1 Å². The first kappa shape index (κ1) is 15.2. The van der Waals surface area contributed by atoms with Gasteiger partial charge in [0.1, 0.15) is 11.6 Å². The van der Waals surface area contributed by atoms with Crippen LogP contribution in [-0.4, -0.2) is 40.6 Å². The average molecular weight is 287 g/mol. The summed E-state index contributed by atoms with van der Waals surface area (Å²) in [6.45, 7) is 4.66. The number of hydrogen-bond donors (Lipinski definition) is 1. The highest BCUT2D eigenvalue weighted by Crippen LogP contribution is 2.22. The van der Waals surface area contributed by atoms with Crippen LogP contribution in [0.25, 0.3) is 0 Å². The first-order valence-electron chi connectivity index (χ1n) is 7.39. The second-order valence-corrected chi connectivity index (χ2v) is 5.32. The summed E-state index contributed by atoms with van der Waals surface area (Å²) >= 11 is 0. The minimum absolute atomic E-state index is 0.117. The van der Waals surface area contributed by atoms with Gasteiger partial charge in [-0.2, -0.15) is 10.4 Å². The van der Waals surface area contributed by atoms with Gasteiger partial charge < -0.3 is 10.2 Å². The molecular formula is C15H21N5O. The molecule has 6 nitrogen and oxygen atoms in total. The standard InChI is InChI=1S/C15H21N5O/c1-4-11-12(8-16)15(19-18-13(11)5-2)17-10-6-7-14(21)20(3)9-10/h10H,4-7,9H2,1-3H3,(H,17,19). The van der Waals surface area contributed by atoms with Crippen molar-refractivity contribution in [2.45, 2.75) is 45.6 Å². The number of nitriles is 1. The minimum Gasteiger partial charge on any atom is -0.363 e. The Labute approximate surface area is 125 Å². The number of nitrogens with one attached hydrogen (secondary N) is 1. The Morgan fingerprint density at radius 1 is 1.38 bits per heavy atom. The van der Waals surface area contributed by atoms with Crippen molar-refractivity contribution >= 4 is 11.7 Å². The largest absolute Gasteiger partial charge is 0.363 e. The molecule has 1 fully saturated rings. The molecule has 0 aromatic carbocycles. The van der Waals surface area contributed by atoms with Crippen LogP contribution in [0.4, 0.5) is 5.82 Å². The molecule has 112 valence electrons. The molecule has 6 heteroatoms. The van der Waals surface area contributed by atoms with E-state index in [9.17, 15) is 10.1 Å². The van der Waals surface area contributed by atoms with Gasteiger partial charge in [0.2, 0.25) is 5.91 Å². The number of amides is 1. The number of aromatic nitrogens is 2. The van der Waals surface area contributed by atoms with E-state index < -0.39 is 0 Å². The normalized spacial score (nSPS) is 18.5. The lowest BCUT2D eigenvalue weighted by atomic mass is 10.0. The van der Waals surface area contributed by atoms with Crippen LogP contribution in [-0.2, 0) is 17.6 Å². The van der Waals surface area contributed by atoms with E-state index in [1.165, 1.54) is 0 Å². The van der Waals surface area contributed by atoms with Crippen molar-refractivity contribution < 1.29 is 4.79 Å². The van der Waals surface area contributed by atoms with E-state index in [0.717, 1.165) is 30.5 Å². The van der Waals surface area contributed by atoms with Crippen molar-refractivity contribution in [1.29, 1.82) is 5.26 Å². The third-order valence-electron chi connectivity index (χ3n) is 3.93. The molecule has 0 spiro atoms. The first-order valence-corrected chi connectivity index (χ1v) is 7.39. The molecule has 1 atom stereocenters. The second kappa shape index (κ2) is 6.53. The zero-order valence-electron chi connectivity index (χ0n) is 12.8. The Morgan fingerprint density at radius 2 is 2.14 bits per heavy atom. The number of likely N-dealkylation sites (tertiary alicyclic amines) is 1. The van der Waals surface area contributed by atoms with Crippen molar-refractivity contribution in [3.8, 4) is 6.07 Å². The van der Waals surface area contributed by atoms with E-state index >= 15 is 0 Å². The fraction of sp³-hybridized carbons (Fsp3) is 0.600. The van der Waals surface area contributed by atoms with Crippen LogP contribution in [0, 0.1) is 11.3 Å². The number of rotatable bonds is 4. The Kier molecular flexibility index (Phi) is 4.73. The molecule has 1 aromatic heterocycles. The zero-order valence-corrected chi connectivity index (χ0v) is 12.8. The van der Waals surface area contributed by atoms with Crippen LogP contribution >= 0.6 is 0 Å². The zero-order chi connectivity index (χ0) is 15.4. The van der Waals surface area contributed by atoms with Gasteiger partial charge in [-0.1, -0.05) is 13.8 Å². The van der Waals surface area contributed by atoms with E-state index in [0.29, 0.717) is 24.3 Å². The molecule has 0 aliphatic carbocycles. The van der Waals surface area contributed by atoms with Gasteiger partial charge in [-0.05, 0) is 24.8 Å². The lowest BCUT2D eigenvalue weighted by molar-refractivity contribution is -0.132. The predicted octanol–water partition coefficient (Wildman–Crippen LogP) is 1.51. The lowest BCUT2D eigenvalue weighted by Crippen LogP contribution is -2.43. The summed E-state index contributed by atoms with van der Waals surface area (Å²) in [4.78, 5) is 13.2. The van der Waals surface area contributed by atoms with Crippen molar-refractivity contribution in [1.82, 2.24) is 15.1 Å². The van der Waals surface area contributed by atoms with Crippen LogP contribution in [0.1, 0.15) is 43.5 Å².